The summed E-state index contributed by atoms with van der Waals surface area (Å²) < 4.78 is 18.7. The van der Waals surface area contributed by atoms with Gasteiger partial charge in [0, 0.05) is 29.4 Å². The summed E-state index contributed by atoms with van der Waals surface area (Å²) in [7, 11) is 1.48. The van der Waals surface area contributed by atoms with E-state index in [-0.39, 0.29) is 24.4 Å². The van der Waals surface area contributed by atoms with E-state index in [4.69, 9.17) is 16.3 Å². The van der Waals surface area contributed by atoms with E-state index in [1.807, 2.05) is 0 Å². The summed E-state index contributed by atoms with van der Waals surface area (Å²) in [4.78, 5) is 16.4. The minimum Gasteiger partial charge on any atom is -0.496 e. The zero-order chi connectivity index (χ0) is 19.2. The second-order valence-electron chi connectivity index (χ2n) is 6.66. The Hall–Kier alpha value is -2.34. The van der Waals surface area contributed by atoms with Gasteiger partial charge in [-0.2, -0.15) is 0 Å². The molecule has 0 atom stereocenters. The van der Waals surface area contributed by atoms with Gasteiger partial charge in [-0.15, -0.1) is 0 Å². The highest BCUT2D eigenvalue weighted by atomic mass is 35.5. The number of nitrogens with zero attached hydrogens (tertiary/aromatic N) is 1. The molecule has 0 unspecified atom stereocenters. The van der Waals surface area contributed by atoms with Gasteiger partial charge in [0.2, 0.25) is 0 Å². The normalized spacial score (nSPS) is 14.6. The highest BCUT2D eigenvalue weighted by molar-refractivity contribution is 6.33. The Balaban J connectivity index is 1.69. The summed E-state index contributed by atoms with van der Waals surface area (Å²) in [5.41, 5.74) is 1.99. The molecule has 27 heavy (non-hydrogen) atoms. The SMILES string of the molecule is COc1cc(F)ccc1-c1cc(CNC(=O)NC2CCCCC2)ncc1Cl. The van der Waals surface area contributed by atoms with Gasteiger partial charge in [0.15, 0.2) is 0 Å². The van der Waals surface area contributed by atoms with Crippen LogP contribution >= 0.6 is 11.6 Å². The minimum absolute atomic E-state index is 0.195. The van der Waals surface area contributed by atoms with Crippen molar-refractivity contribution < 1.29 is 13.9 Å². The average Bonchev–Trinajstić information content (AvgIpc) is 2.68. The van der Waals surface area contributed by atoms with E-state index < -0.39 is 0 Å². The lowest BCUT2D eigenvalue weighted by Crippen LogP contribution is -2.42. The molecule has 0 spiro atoms. The largest absolute Gasteiger partial charge is 0.496 e. The molecule has 1 aliphatic rings. The Bertz CT molecular complexity index is 810. The number of nitrogens with one attached hydrogen (secondary N) is 2. The number of urea groups is 1. The van der Waals surface area contributed by atoms with Crippen molar-refractivity contribution in [2.45, 2.75) is 44.7 Å². The zero-order valence-electron chi connectivity index (χ0n) is 15.2. The molecule has 144 valence electrons. The fraction of sp³-hybridized carbons (Fsp3) is 0.400. The molecule has 1 aromatic carbocycles. The molecule has 0 radical (unpaired) electrons. The quantitative estimate of drug-likeness (QED) is 0.777. The molecule has 2 aromatic rings. The molecule has 5 nitrogen and oxygen atoms in total. The molecular weight excluding hydrogens is 369 g/mol. The zero-order valence-corrected chi connectivity index (χ0v) is 16.0. The fourth-order valence-electron chi connectivity index (χ4n) is 3.33. The molecule has 1 fully saturated rings. The van der Waals surface area contributed by atoms with Crippen LogP contribution in [-0.4, -0.2) is 24.2 Å². The average molecular weight is 392 g/mol. The number of rotatable bonds is 5. The van der Waals surface area contributed by atoms with Crippen molar-refractivity contribution >= 4 is 17.6 Å². The first kappa shape index (κ1) is 19.4. The van der Waals surface area contributed by atoms with Crippen LogP contribution in [-0.2, 0) is 6.54 Å². The van der Waals surface area contributed by atoms with Gasteiger partial charge in [0.1, 0.15) is 11.6 Å². The summed E-state index contributed by atoms with van der Waals surface area (Å²) in [6.07, 6.45) is 7.14. The van der Waals surface area contributed by atoms with E-state index in [2.05, 4.69) is 15.6 Å². The lowest BCUT2D eigenvalue weighted by atomic mass is 9.96. The number of aromatic nitrogens is 1. The first-order valence-corrected chi connectivity index (χ1v) is 9.47. The molecule has 1 heterocycles. The summed E-state index contributed by atoms with van der Waals surface area (Å²) in [6.45, 7) is 0.270. The third-order valence-corrected chi connectivity index (χ3v) is 5.04. The maximum absolute atomic E-state index is 13.5. The molecule has 1 saturated carbocycles. The van der Waals surface area contributed by atoms with Gasteiger partial charge in [-0.25, -0.2) is 9.18 Å². The van der Waals surface area contributed by atoms with Crippen LogP contribution < -0.4 is 15.4 Å². The topological polar surface area (TPSA) is 63.2 Å². The molecule has 7 heteroatoms. The summed E-state index contributed by atoms with van der Waals surface area (Å²) >= 11 is 6.28. The molecule has 2 N–H and O–H groups in total. The van der Waals surface area contributed by atoms with E-state index in [0.717, 1.165) is 25.7 Å². The highest BCUT2D eigenvalue weighted by Crippen LogP contribution is 2.35. The van der Waals surface area contributed by atoms with E-state index in [9.17, 15) is 9.18 Å². The lowest BCUT2D eigenvalue weighted by Gasteiger charge is -2.22. The molecule has 1 aromatic heterocycles. The van der Waals surface area contributed by atoms with Crippen LogP contribution in [0.2, 0.25) is 5.02 Å². The van der Waals surface area contributed by atoms with Crippen molar-refractivity contribution in [3.05, 3.63) is 47.0 Å². The molecule has 0 bridgehead atoms. The Kier molecular flexibility index (Phi) is 6.50. The number of hydrogen-bond donors (Lipinski definition) is 2. The first-order chi connectivity index (χ1) is 13.1. The highest BCUT2D eigenvalue weighted by Gasteiger charge is 2.16. The predicted molar refractivity (Wildman–Crippen MR) is 103 cm³/mol. The number of methoxy groups -OCH3 is 1. The van der Waals surface area contributed by atoms with Crippen molar-refractivity contribution in [3.8, 4) is 16.9 Å². The van der Waals surface area contributed by atoms with Crippen LogP contribution in [0.4, 0.5) is 9.18 Å². The van der Waals surface area contributed by atoms with Crippen LogP contribution in [0.15, 0.2) is 30.5 Å². The maximum atomic E-state index is 13.5. The number of amides is 2. The number of ether oxygens (including phenoxy) is 1. The summed E-state index contributed by atoms with van der Waals surface area (Å²) in [5, 5.41) is 6.27. The minimum atomic E-state index is -0.387. The van der Waals surface area contributed by atoms with Crippen molar-refractivity contribution in [2.75, 3.05) is 7.11 Å². The van der Waals surface area contributed by atoms with Gasteiger partial charge in [-0.1, -0.05) is 30.9 Å². The Morgan fingerprint density at radius 1 is 1.26 bits per heavy atom. The Labute approximate surface area is 163 Å². The first-order valence-electron chi connectivity index (χ1n) is 9.09. The standard InChI is InChI=1S/C20H23ClFN3O2/c1-27-19-9-13(22)7-8-16(19)17-10-15(23-12-18(17)21)11-24-20(26)25-14-5-3-2-4-6-14/h7-10,12,14H,2-6,11H2,1H3,(H2,24,25,26). The smallest absolute Gasteiger partial charge is 0.315 e. The molecule has 3 rings (SSSR count). The van der Waals surface area contributed by atoms with E-state index in [1.54, 1.807) is 12.1 Å². The number of hydrogen-bond acceptors (Lipinski definition) is 3. The molecule has 1 aliphatic carbocycles. The van der Waals surface area contributed by atoms with Crippen molar-refractivity contribution in [1.29, 1.82) is 0 Å². The van der Waals surface area contributed by atoms with E-state index in [0.29, 0.717) is 27.6 Å². The lowest BCUT2D eigenvalue weighted by molar-refractivity contribution is 0.232. The number of halogens is 2. The van der Waals surface area contributed by atoms with Gasteiger partial charge < -0.3 is 15.4 Å². The third-order valence-electron chi connectivity index (χ3n) is 4.74. The number of pyridine rings is 1. The van der Waals surface area contributed by atoms with Gasteiger partial charge in [0.25, 0.3) is 0 Å². The van der Waals surface area contributed by atoms with E-state index in [1.165, 1.54) is 31.9 Å². The molecule has 2 amide bonds. The van der Waals surface area contributed by atoms with Gasteiger partial charge in [-0.05, 0) is 31.0 Å². The summed E-state index contributed by atoms with van der Waals surface area (Å²) in [5.74, 6) is -0.000830. The van der Waals surface area contributed by atoms with Gasteiger partial charge in [-0.3, -0.25) is 4.98 Å². The number of benzene rings is 1. The van der Waals surface area contributed by atoms with Crippen molar-refractivity contribution in [2.24, 2.45) is 0 Å². The van der Waals surface area contributed by atoms with Crippen LogP contribution in [0.1, 0.15) is 37.8 Å². The summed E-state index contributed by atoms with van der Waals surface area (Å²) in [6, 6.07) is 6.10. The Morgan fingerprint density at radius 3 is 2.78 bits per heavy atom. The second-order valence-corrected chi connectivity index (χ2v) is 7.07. The van der Waals surface area contributed by atoms with Crippen LogP contribution in [0.25, 0.3) is 11.1 Å². The second kappa shape index (κ2) is 9.04. The number of carbonyl (C=O) groups excluding carboxylic acids is 1. The van der Waals surface area contributed by atoms with Crippen LogP contribution in [0.5, 0.6) is 5.75 Å². The van der Waals surface area contributed by atoms with Gasteiger partial charge in [0.05, 0.1) is 24.4 Å². The van der Waals surface area contributed by atoms with Gasteiger partial charge >= 0.3 is 6.03 Å². The predicted octanol–water partition coefficient (Wildman–Crippen LogP) is 4.68. The van der Waals surface area contributed by atoms with E-state index >= 15 is 0 Å². The Morgan fingerprint density at radius 2 is 2.04 bits per heavy atom. The van der Waals surface area contributed by atoms with Crippen molar-refractivity contribution in [1.82, 2.24) is 15.6 Å². The van der Waals surface area contributed by atoms with Crippen LogP contribution in [0, 0.1) is 5.82 Å². The molecular formula is C20H23ClFN3O2. The van der Waals surface area contributed by atoms with Crippen molar-refractivity contribution in [3.63, 3.8) is 0 Å². The van der Waals surface area contributed by atoms with Crippen LogP contribution in [0.3, 0.4) is 0 Å². The molecule has 0 saturated heterocycles. The fourth-order valence-corrected chi connectivity index (χ4v) is 3.53. The monoisotopic (exact) mass is 391 g/mol. The number of carbonyl (C=O) groups is 1. The third kappa shape index (κ3) is 5.10. The molecule has 0 aliphatic heterocycles. The maximum Gasteiger partial charge on any atom is 0.315 e.